The van der Waals surface area contributed by atoms with Crippen molar-refractivity contribution in [3.8, 4) is 5.75 Å². The molecule has 0 atom stereocenters. The lowest BCUT2D eigenvalue weighted by Crippen LogP contribution is -2.13. The van der Waals surface area contributed by atoms with E-state index in [1.807, 2.05) is 6.92 Å². The van der Waals surface area contributed by atoms with E-state index in [4.69, 9.17) is 0 Å². The van der Waals surface area contributed by atoms with Crippen molar-refractivity contribution in [3.63, 3.8) is 0 Å². The summed E-state index contributed by atoms with van der Waals surface area (Å²) in [6, 6.07) is 4.94. The minimum atomic E-state index is -0.583. The Hall–Kier alpha value is -2.43. The number of hydrogen-bond donors (Lipinski definition) is 2. The molecule has 0 bridgehead atoms. The standard InChI is InChI=1S/C13H11FN2O2/c1-8-4-5-15-7-11(8)16-13(18)10-6-9(14)2-3-12(10)17/h2-7,17H,1H3,(H,16,18). The summed E-state index contributed by atoms with van der Waals surface area (Å²) in [6.07, 6.45) is 3.09. The fourth-order valence-corrected chi connectivity index (χ4v) is 1.47. The lowest BCUT2D eigenvalue weighted by atomic mass is 10.1. The van der Waals surface area contributed by atoms with E-state index in [0.717, 1.165) is 23.8 Å². The Bertz CT molecular complexity index is 599. The maximum atomic E-state index is 13.0. The highest BCUT2D eigenvalue weighted by atomic mass is 19.1. The molecule has 0 unspecified atom stereocenters. The average molecular weight is 246 g/mol. The average Bonchev–Trinajstić information content (AvgIpc) is 2.35. The molecule has 1 aromatic heterocycles. The SMILES string of the molecule is Cc1ccncc1NC(=O)c1cc(F)ccc1O. The van der Waals surface area contributed by atoms with Gasteiger partial charge in [-0.2, -0.15) is 0 Å². The Kier molecular flexibility index (Phi) is 3.23. The zero-order chi connectivity index (χ0) is 13.1. The van der Waals surface area contributed by atoms with Gasteiger partial charge in [0.05, 0.1) is 17.4 Å². The number of hydrogen-bond acceptors (Lipinski definition) is 3. The summed E-state index contributed by atoms with van der Waals surface area (Å²) in [6.45, 7) is 1.81. The Morgan fingerprint density at radius 1 is 1.39 bits per heavy atom. The maximum Gasteiger partial charge on any atom is 0.259 e. The number of carbonyl (C=O) groups excluding carboxylic acids is 1. The topological polar surface area (TPSA) is 62.2 Å². The first-order chi connectivity index (χ1) is 8.58. The largest absolute Gasteiger partial charge is 0.507 e. The number of aromatic hydroxyl groups is 1. The molecule has 0 aliphatic heterocycles. The third-order valence-corrected chi connectivity index (χ3v) is 2.49. The molecule has 1 aromatic carbocycles. The number of phenols is 1. The fourth-order valence-electron chi connectivity index (χ4n) is 1.47. The molecule has 2 rings (SSSR count). The number of halogens is 1. The van der Waals surface area contributed by atoms with E-state index >= 15 is 0 Å². The van der Waals surface area contributed by atoms with Gasteiger partial charge in [-0.15, -0.1) is 0 Å². The van der Waals surface area contributed by atoms with Crippen molar-refractivity contribution in [3.05, 3.63) is 53.6 Å². The van der Waals surface area contributed by atoms with Gasteiger partial charge in [-0.1, -0.05) is 0 Å². The van der Waals surface area contributed by atoms with Gasteiger partial charge >= 0.3 is 0 Å². The van der Waals surface area contributed by atoms with E-state index in [1.165, 1.54) is 6.20 Å². The molecule has 0 saturated carbocycles. The summed E-state index contributed by atoms with van der Waals surface area (Å²) in [5, 5.41) is 12.1. The molecule has 4 nitrogen and oxygen atoms in total. The molecular formula is C13H11FN2O2. The molecule has 0 spiro atoms. The number of rotatable bonds is 2. The number of nitrogens with one attached hydrogen (secondary N) is 1. The molecule has 0 fully saturated rings. The van der Waals surface area contributed by atoms with Crippen LogP contribution in [-0.2, 0) is 0 Å². The second-order valence-electron chi connectivity index (χ2n) is 3.81. The van der Waals surface area contributed by atoms with Crippen molar-refractivity contribution in [2.45, 2.75) is 6.92 Å². The van der Waals surface area contributed by atoms with E-state index in [0.29, 0.717) is 5.69 Å². The molecule has 0 aliphatic rings. The monoisotopic (exact) mass is 246 g/mol. The Morgan fingerprint density at radius 3 is 2.89 bits per heavy atom. The van der Waals surface area contributed by atoms with Gasteiger partial charge in [0, 0.05) is 6.20 Å². The van der Waals surface area contributed by atoms with Crippen LogP contribution in [0.4, 0.5) is 10.1 Å². The molecule has 2 N–H and O–H groups in total. The number of pyridine rings is 1. The number of phenolic OH excluding ortho intramolecular Hbond substituents is 1. The second-order valence-corrected chi connectivity index (χ2v) is 3.81. The lowest BCUT2D eigenvalue weighted by Gasteiger charge is -2.08. The zero-order valence-corrected chi connectivity index (χ0v) is 9.64. The van der Waals surface area contributed by atoms with E-state index in [1.54, 1.807) is 12.3 Å². The van der Waals surface area contributed by atoms with Crippen LogP contribution in [-0.4, -0.2) is 16.0 Å². The fraction of sp³-hybridized carbons (Fsp3) is 0.0769. The number of benzene rings is 1. The van der Waals surface area contributed by atoms with Gasteiger partial charge in [0.2, 0.25) is 0 Å². The first-order valence-electron chi connectivity index (χ1n) is 5.28. The molecule has 0 radical (unpaired) electrons. The summed E-state index contributed by atoms with van der Waals surface area (Å²) >= 11 is 0. The number of aryl methyl sites for hydroxylation is 1. The first-order valence-corrected chi connectivity index (χ1v) is 5.28. The third-order valence-electron chi connectivity index (χ3n) is 2.49. The van der Waals surface area contributed by atoms with Crippen molar-refractivity contribution in [2.75, 3.05) is 5.32 Å². The molecular weight excluding hydrogens is 235 g/mol. The first kappa shape index (κ1) is 12.0. The van der Waals surface area contributed by atoms with Gasteiger partial charge in [0.1, 0.15) is 11.6 Å². The Morgan fingerprint density at radius 2 is 2.17 bits per heavy atom. The van der Waals surface area contributed by atoms with Crippen LogP contribution in [0.5, 0.6) is 5.75 Å². The number of amides is 1. The van der Waals surface area contributed by atoms with Crippen LogP contribution < -0.4 is 5.32 Å². The van der Waals surface area contributed by atoms with Crippen LogP contribution in [0.1, 0.15) is 15.9 Å². The van der Waals surface area contributed by atoms with Crippen LogP contribution in [0, 0.1) is 12.7 Å². The van der Waals surface area contributed by atoms with Crippen molar-refractivity contribution in [1.82, 2.24) is 4.98 Å². The highest BCUT2D eigenvalue weighted by Crippen LogP contribution is 2.20. The van der Waals surface area contributed by atoms with Gasteiger partial charge in [0.25, 0.3) is 5.91 Å². The zero-order valence-electron chi connectivity index (χ0n) is 9.64. The van der Waals surface area contributed by atoms with Crippen molar-refractivity contribution >= 4 is 11.6 Å². The Labute approximate surface area is 103 Å². The summed E-state index contributed by atoms with van der Waals surface area (Å²) in [5.74, 6) is -1.43. The molecule has 1 amide bonds. The molecule has 92 valence electrons. The molecule has 18 heavy (non-hydrogen) atoms. The van der Waals surface area contributed by atoms with Crippen LogP contribution >= 0.6 is 0 Å². The predicted octanol–water partition coefficient (Wildman–Crippen LogP) is 2.49. The summed E-state index contributed by atoms with van der Waals surface area (Å²) in [4.78, 5) is 15.8. The van der Waals surface area contributed by atoms with Crippen molar-refractivity contribution in [1.29, 1.82) is 0 Å². The summed E-state index contributed by atoms with van der Waals surface area (Å²) in [5.41, 5.74) is 1.23. The smallest absolute Gasteiger partial charge is 0.259 e. The normalized spacial score (nSPS) is 10.1. The van der Waals surface area contributed by atoms with Crippen LogP contribution in [0.25, 0.3) is 0 Å². The van der Waals surface area contributed by atoms with Gasteiger partial charge in [-0.05, 0) is 36.8 Å². The predicted molar refractivity (Wildman–Crippen MR) is 65.0 cm³/mol. The van der Waals surface area contributed by atoms with Crippen molar-refractivity contribution in [2.24, 2.45) is 0 Å². The Balaban J connectivity index is 2.28. The summed E-state index contributed by atoms with van der Waals surface area (Å²) in [7, 11) is 0. The minimum absolute atomic E-state index is 0.113. The van der Waals surface area contributed by atoms with Gasteiger partial charge in [-0.3, -0.25) is 9.78 Å². The van der Waals surface area contributed by atoms with E-state index in [2.05, 4.69) is 10.3 Å². The number of nitrogens with zero attached hydrogens (tertiary/aromatic N) is 1. The third kappa shape index (κ3) is 2.45. The second kappa shape index (κ2) is 4.83. The molecule has 0 aliphatic carbocycles. The van der Waals surface area contributed by atoms with Crippen LogP contribution in [0.3, 0.4) is 0 Å². The number of aromatic nitrogens is 1. The molecule has 0 saturated heterocycles. The van der Waals surface area contributed by atoms with Gasteiger partial charge < -0.3 is 10.4 Å². The maximum absolute atomic E-state index is 13.0. The van der Waals surface area contributed by atoms with Crippen LogP contribution in [0.15, 0.2) is 36.7 Å². The summed E-state index contributed by atoms with van der Waals surface area (Å²) < 4.78 is 13.0. The number of carbonyl (C=O) groups is 1. The highest BCUT2D eigenvalue weighted by Gasteiger charge is 2.13. The lowest BCUT2D eigenvalue weighted by molar-refractivity contribution is 0.102. The van der Waals surface area contributed by atoms with Crippen LogP contribution in [0.2, 0.25) is 0 Å². The molecule has 1 heterocycles. The number of anilines is 1. The van der Waals surface area contributed by atoms with E-state index in [9.17, 15) is 14.3 Å². The molecule has 5 heteroatoms. The van der Waals surface area contributed by atoms with E-state index in [-0.39, 0.29) is 11.3 Å². The van der Waals surface area contributed by atoms with Crippen molar-refractivity contribution < 1.29 is 14.3 Å². The molecule has 2 aromatic rings. The van der Waals surface area contributed by atoms with E-state index < -0.39 is 11.7 Å². The van der Waals surface area contributed by atoms with Gasteiger partial charge in [-0.25, -0.2) is 4.39 Å². The highest BCUT2D eigenvalue weighted by molar-refractivity contribution is 6.06. The minimum Gasteiger partial charge on any atom is -0.507 e. The van der Waals surface area contributed by atoms with Gasteiger partial charge in [0.15, 0.2) is 0 Å². The quantitative estimate of drug-likeness (QED) is 0.855.